The number of aryl methyl sites for hydroxylation is 1. The van der Waals surface area contributed by atoms with Crippen LogP contribution in [-0.4, -0.2) is 6.18 Å². The minimum absolute atomic E-state index is 0.327. The van der Waals surface area contributed by atoms with E-state index in [9.17, 15) is 22.0 Å². The van der Waals surface area contributed by atoms with Gasteiger partial charge < -0.3 is 5.73 Å². The topological polar surface area (TPSA) is 26.0 Å². The largest absolute Gasteiger partial charge is 0.458 e. The van der Waals surface area contributed by atoms with E-state index in [0.29, 0.717) is 17.5 Å². The molecular formula is C13H16F5N. The molecule has 1 aromatic carbocycles. The van der Waals surface area contributed by atoms with Crippen LogP contribution in [0.4, 0.5) is 22.0 Å². The van der Waals surface area contributed by atoms with Gasteiger partial charge in [0, 0.05) is 11.1 Å². The number of rotatable bonds is 3. The molecule has 0 saturated heterocycles. The van der Waals surface area contributed by atoms with Gasteiger partial charge in [0.05, 0.1) is 0 Å². The second kappa shape index (κ2) is 4.74. The standard InChI is InChI=1S/C13H16F5N/c1-4-11(3,19)10-6-5-9(7-8(10)2)12(14,15)13(16,17)18/h5-7H,4,19H2,1-3H3. The number of nitrogens with two attached hydrogens (primary N) is 1. The maximum atomic E-state index is 13.2. The van der Waals surface area contributed by atoms with Gasteiger partial charge in [-0.1, -0.05) is 19.1 Å². The van der Waals surface area contributed by atoms with E-state index in [1.165, 1.54) is 13.0 Å². The molecule has 1 aromatic rings. The molecule has 0 spiro atoms. The Hall–Kier alpha value is -1.17. The zero-order chi connectivity index (χ0) is 15.1. The molecule has 0 aliphatic rings. The second-order valence-corrected chi connectivity index (χ2v) is 4.87. The van der Waals surface area contributed by atoms with Gasteiger partial charge in [0.1, 0.15) is 0 Å². The average Bonchev–Trinajstić information content (AvgIpc) is 2.27. The molecule has 0 aromatic heterocycles. The fraction of sp³-hybridized carbons (Fsp3) is 0.538. The highest BCUT2D eigenvalue weighted by atomic mass is 19.4. The summed E-state index contributed by atoms with van der Waals surface area (Å²) in [6.07, 6.45) is -5.05. The Labute approximate surface area is 108 Å². The number of hydrogen-bond donors (Lipinski definition) is 1. The Morgan fingerprint density at radius 3 is 2.00 bits per heavy atom. The van der Waals surface area contributed by atoms with Crippen molar-refractivity contribution in [3.8, 4) is 0 Å². The molecule has 2 N–H and O–H groups in total. The highest BCUT2D eigenvalue weighted by Crippen LogP contribution is 2.44. The summed E-state index contributed by atoms with van der Waals surface area (Å²) in [5.74, 6) is -4.85. The van der Waals surface area contributed by atoms with Crippen LogP contribution in [-0.2, 0) is 11.5 Å². The van der Waals surface area contributed by atoms with Crippen molar-refractivity contribution < 1.29 is 22.0 Å². The molecule has 0 aliphatic carbocycles. The molecule has 0 saturated carbocycles. The van der Waals surface area contributed by atoms with Crippen LogP contribution in [0.2, 0.25) is 0 Å². The van der Waals surface area contributed by atoms with Crippen molar-refractivity contribution in [1.29, 1.82) is 0 Å². The molecule has 6 heteroatoms. The molecule has 19 heavy (non-hydrogen) atoms. The Balaban J connectivity index is 3.29. The maximum absolute atomic E-state index is 13.2. The lowest BCUT2D eigenvalue weighted by Gasteiger charge is -2.27. The number of benzene rings is 1. The van der Waals surface area contributed by atoms with Gasteiger partial charge in [0.15, 0.2) is 0 Å². The van der Waals surface area contributed by atoms with Crippen LogP contribution in [0.1, 0.15) is 37.0 Å². The molecule has 1 rings (SSSR count). The molecule has 0 fully saturated rings. The fourth-order valence-corrected chi connectivity index (χ4v) is 1.85. The van der Waals surface area contributed by atoms with Crippen LogP contribution in [0.5, 0.6) is 0 Å². The third-order valence-electron chi connectivity index (χ3n) is 3.29. The summed E-state index contributed by atoms with van der Waals surface area (Å²) in [4.78, 5) is 0. The summed E-state index contributed by atoms with van der Waals surface area (Å²) < 4.78 is 63.2. The van der Waals surface area contributed by atoms with Gasteiger partial charge in [-0.15, -0.1) is 0 Å². The van der Waals surface area contributed by atoms with Crippen LogP contribution < -0.4 is 5.73 Å². The van der Waals surface area contributed by atoms with Crippen LogP contribution in [0.25, 0.3) is 0 Å². The van der Waals surface area contributed by atoms with E-state index >= 15 is 0 Å². The Kier molecular flexibility index (Phi) is 3.96. The van der Waals surface area contributed by atoms with E-state index in [-0.39, 0.29) is 0 Å². The third-order valence-corrected chi connectivity index (χ3v) is 3.29. The monoisotopic (exact) mass is 281 g/mol. The van der Waals surface area contributed by atoms with E-state index in [1.54, 1.807) is 6.92 Å². The van der Waals surface area contributed by atoms with Crippen LogP contribution in [0.15, 0.2) is 18.2 Å². The van der Waals surface area contributed by atoms with E-state index in [1.807, 2.05) is 6.92 Å². The van der Waals surface area contributed by atoms with E-state index in [4.69, 9.17) is 5.73 Å². The zero-order valence-electron chi connectivity index (χ0n) is 10.9. The van der Waals surface area contributed by atoms with Crippen LogP contribution in [0, 0.1) is 6.92 Å². The normalized spacial score (nSPS) is 16.3. The summed E-state index contributed by atoms with van der Waals surface area (Å²) in [6.45, 7) is 5.00. The maximum Gasteiger partial charge on any atom is 0.458 e. The van der Waals surface area contributed by atoms with Gasteiger partial charge in [-0.2, -0.15) is 22.0 Å². The average molecular weight is 281 g/mol. The van der Waals surface area contributed by atoms with Crippen LogP contribution >= 0.6 is 0 Å². The summed E-state index contributed by atoms with van der Waals surface area (Å²) in [5, 5.41) is 0. The summed E-state index contributed by atoms with van der Waals surface area (Å²) in [7, 11) is 0. The quantitative estimate of drug-likeness (QED) is 0.824. The molecule has 1 unspecified atom stereocenters. The van der Waals surface area contributed by atoms with Crippen LogP contribution in [0.3, 0.4) is 0 Å². The Bertz CT molecular complexity index is 463. The smallest absolute Gasteiger partial charge is 0.322 e. The van der Waals surface area contributed by atoms with Gasteiger partial charge in [-0.3, -0.25) is 0 Å². The molecule has 0 bridgehead atoms. The van der Waals surface area contributed by atoms with Crippen molar-refractivity contribution in [2.24, 2.45) is 5.73 Å². The summed E-state index contributed by atoms with van der Waals surface area (Å²) in [6, 6.07) is 2.88. The number of halogens is 5. The summed E-state index contributed by atoms with van der Waals surface area (Å²) in [5.41, 5.74) is 5.05. The Morgan fingerprint density at radius 2 is 1.63 bits per heavy atom. The van der Waals surface area contributed by atoms with Gasteiger partial charge >= 0.3 is 12.1 Å². The van der Waals surface area contributed by atoms with Crippen molar-refractivity contribution in [3.05, 3.63) is 34.9 Å². The molecule has 1 nitrogen and oxygen atoms in total. The second-order valence-electron chi connectivity index (χ2n) is 4.87. The Morgan fingerprint density at radius 1 is 1.11 bits per heavy atom. The third kappa shape index (κ3) is 2.88. The van der Waals surface area contributed by atoms with Crippen molar-refractivity contribution in [3.63, 3.8) is 0 Å². The van der Waals surface area contributed by atoms with E-state index in [2.05, 4.69) is 0 Å². The molecule has 0 aliphatic heterocycles. The van der Waals surface area contributed by atoms with Crippen molar-refractivity contribution >= 4 is 0 Å². The lowest BCUT2D eigenvalue weighted by Crippen LogP contribution is -2.35. The van der Waals surface area contributed by atoms with Crippen molar-refractivity contribution in [2.75, 3.05) is 0 Å². The van der Waals surface area contributed by atoms with Crippen molar-refractivity contribution in [2.45, 2.75) is 44.8 Å². The molecule has 1 atom stereocenters. The van der Waals surface area contributed by atoms with E-state index < -0.39 is 23.2 Å². The predicted molar refractivity (Wildman–Crippen MR) is 63.0 cm³/mol. The minimum Gasteiger partial charge on any atom is -0.322 e. The lowest BCUT2D eigenvalue weighted by molar-refractivity contribution is -0.289. The predicted octanol–water partition coefficient (Wildman–Crippen LogP) is 4.23. The first-order chi connectivity index (χ1) is 8.43. The minimum atomic E-state index is -5.60. The zero-order valence-corrected chi connectivity index (χ0v) is 10.9. The van der Waals surface area contributed by atoms with Gasteiger partial charge in [-0.05, 0) is 37.5 Å². The lowest BCUT2D eigenvalue weighted by atomic mass is 9.86. The number of hydrogen-bond acceptors (Lipinski definition) is 1. The van der Waals surface area contributed by atoms with Gasteiger partial charge in [0.25, 0.3) is 0 Å². The van der Waals surface area contributed by atoms with Gasteiger partial charge in [0.2, 0.25) is 0 Å². The van der Waals surface area contributed by atoms with E-state index in [0.717, 1.165) is 12.1 Å². The highest BCUT2D eigenvalue weighted by molar-refractivity contribution is 5.37. The van der Waals surface area contributed by atoms with Gasteiger partial charge in [-0.25, -0.2) is 0 Å². The number of alkyl halides is 5. The van der Waals surface area contributed by atoms with Crippen molar-refractivity contribution in [1.82, 2.24) is 0 Å². The molecule has 0 heterocycles. The first-order valence-corrected chi connectivity index (χ1v) is 5.78. The molecule has 0 amide bonds. The molecule has 0 radical (unpaired) electrons. The fourth-order valence-electron chi connectivity index (χ4n) is 1.85. The SMILES string of the molecule is CCC(C)(N)c1ccc(C(F)(F)C(F)(F)F)cc1C. The first kappa shape index (κ1) is 15.9. The highest BCUT2D eigenvalue weighted by Gasteiger charge is 2.58. The molecule has 108 valence electrons. The molecular weight excluding hydrogens is 265 g/mol. The summed E-state index contributed by atoms with van der Waals surface area (Å²) >= 11 is 0. The first-order valence-electron chi connectivity index (χ1n) is 5.78.